The summed E-state index contributed by atoms with van der Waals surface area (Å²) in [6.45, 7) is 8.47. The first kappa shape index (κ1) is 19.3. The Bertz CT molecular complexity index is 505. The summed E-state index contributed by atoms with van der Waals surface area (Å²) in [6, 6.07) is 0.651. The first-order valence-electron chi connectivity index (χ1n) is 9.25. The molecule has 1 atom stereocenters. The van der Waals surface area contributed by atoms with Crippen molar-refractivity contribution in [3.63, 3.8) is 0 Å². The van der Waals surface area contributed by atoms with E-state index in [0.717, 1.165) is 24.8 Å². The lowest BCUT2D eigenvalue weighted by Crippen LogP contribution is -2.36. The number of likely N-dealkylation sites (tertiary alicyclic amines) is 1. The molecule has 0 aliphatic carbocycles. The van der Waals surface area contributed by atoms with E-state index in [9.17, 15) is 4.79 Å². The van der Waals surface area contributed by atoms with Crippen LogP contribution in [0.3, 0.4) is 0 Å². The zero-order chi connectivity index (χ0) is 17.4. The van der Waals surface area contributed by atoms with Crippen molar-refractivity contribution >= 4 is 22.4 Å². The molecule has 2 heterocycles. The molecule has 1 aromatic heterocycles. The summed E-state index contributed by atoms with van der Waals surface area (Å²) >= 11 is 1.61. The third-order valence-electron chi connectivity index (χ3n) is 4.71. The topological polar surface area (TPSA) is 48.5 Å². The number of nitrogens with one attached hydrogen (secondary N) is 1. The molecule has 0 radical (unpaired) electrons. The van der Waals surface area contributed by atoms with Crippen LogP contribution in [-0.4, -0.2) is 53.4 Å². The van der Waals surface area contributed by atoms with Crippen LogP contribution in [0.25, 0.3) is 0 Å². The highest BCUT2D eigenvalue weighted by Gasteiger charge is 2.19. The van der Waals surface area contributed by atoms with Crippen LogP contribution < -0.4 is 5.32 Å². The SMILES string of the molecule is CCCCN(C)CCC(=O)Nc1ncc(CN2CCCCC2C)s1. The molecule has 0 aromatic carbocycles. The molecule has 1 aliphatic heterocycles. The minimum atomic E-state index is 0.0607. The van der Waals surface area contributed by atoms with Crippen molar-refractivity contribution in [1.29, 1.82) is 0 Å². The van der Waals surface area contributed by atoms with Crippen LogP contribution in [0.2, 0.25) is 0 Å². The van der Waals surface area contributed by atoms with Gasteiger partial charge in [0.05, 0.1) is 0 Å². The van der Waals surface area contributed by atoms with Crippen LogP contribution in [0.4, 0.5) is 5.13 Å². The van der Waals surface area contributed by atoms with Crippen LogP contribution in [0, 0.1) is 0 Å². The number of thiazole rings is 1. The van der Waals surface area contributed by atoms with Crippen LogP contribution >= 0.6 is 11.3 Å². The molecule has 1 saturated heterocycles. The number of amides is 1. The maximum absolute atomic E-state index is 12.1. The van der Waals surface area contributed by atoms with Gasteiger partial charge in [0.25, 0.3) is 0 Å². The molecule has 1 aliphatic rings. The lowest BCUT2D eigenvalue weighted by atomic mass is 10.0. The van der Waals surface area contributed by atoms with E-state index >= 15 is 0 Å². The van der Waals surface area contributed by atoms with E-state index in [1.165, 1.54) is 43.5 Å². The van der Waals surface area contributed by atoms with E-state index in [2.05, 4.69) is 41.0 Å². The second-order valence-corrected chi connectivity index (χ2v) is 8.02. The number of aromatic nitrogens is 1. The lowest BCUT2D eigenvalue weighted by Gasteiger charge is -2.32. The Morgan fingerprint density at radius 1 is 1.46 bits per heavy atom. The smallest absolute Gasteiger partial charge is 0.227 e. The number of carbonyl (C=O) groups excluding carboxylic acids is 1. The quantitative estimate of drug-likeness (QED) is 0.738. The van der Waals surface area contributed by atoms with Gasteiger partial charge in [0.15, 0.2) is 5.13 Å². The van der Waals surface area contributed by atoms with E-state index < -0.39 is 0 Å². The highest BCUT2D eigenvalue weighted by atomic mass is 32.1. The van der Waals surface area contributed by atoms with Gasteiger partial charge in [0, 0.05) is 36.6 Å². The molecule has 0 spiro atoms. The van der Waals surface area contributed by atoms with Gasteiger partial charge in [-0.25, -0.2) is 4.98 Å². The van der Waals surface area contributed by atoms with E-state index in [0.29, 0.717) is 12.5 Å². The van der Waals surface area contributed by atoms with Crippen LogP contribution in [0.15, 0.2) is 6.20 Å². The number of rotatable bonds is 9. The van der Waals surface area contributed by atoms with Gasteiger partial charge in [-0.3, -0.25) is 9.69 Å². The number of hydrogen-bond donors (Lipinski definition) is 1. The Morgan fingerprint density at radius 2 is 2.29 bits per heavy atom. The van der Waals surface area contributed by atoms with Gasteiger partial charge in [-0.05, 0) is 46.3 Å². The number of carbonyl (C=O) groups is 1. The lowest BCUT2D eigenvalue weighted by molar-refractivity contribution is -0.116. The third-order valence-corrected chi connectivity index (χ3v) is 5.61. The molecule has 5 nitrogen and oxygen atoms in total. The highest BCUT2D eigenvalue weighted by Crippen LogP contribution is 2.24. The summed E-state index contributed by atoms with van der Waals surface area (Å²) in [7, 11) is 2.07. The normalized spacial score (nSPS) is 18.9. The molecular weight excluding hydrogens is 320 g/mol. The predicted molar refractivity (Wildman–Crippen MR) is 101 cm³/mol. The van der Waals surface area contributed by atoms with Crippen LogP contribution in [0.1, 0.15) is 57.2 Å². The van der Waals surface area contributed by atoms with E-state index in [1.807, 2.05) is 6.20 Å². The fourth-order valence-electron chi connectivity index (χ4n) is 3.05. The molecule has 1 fully saturated rings. The molecule has 24 heavy (non-hydrogen) atoms. The minimum absolute atomic E-state index is 0.0607. The second kappa shape index (κ2) is 10.1. The molecule has 136 valence electrons. The summed E-state index contributed by atoms with van der Waals surface area (Å²) in [5.41, 5.74) is 0. The van der Waals surface area contributed by atoms with Gasteiger partial charge in [-0.15, -0.1) is 11.3 Å². The molecule has 6 heteroatoms. The second-order valence-electron chi connectivity index (χ2n) is 6.90. The Balaban J connectivity index is 1.73. The first-order valence-corrected chi connectivity index (χ1v) is 10.1. The molecule has 2 rings (SSSR count). The predicted octanol–water partition coefficient (Wildman–Crippen LogP) is 3.58. The van der Waals surface area contributed by atoms with Gasteiger partial charge in [0.2, 0.25) is 5.91 Å². The highest BCUT2D eigenvalue weighted by molar-refractivity contribution is 7.15. The van der Waals surface area contributed by atoms with Crippen molar-refractivity contribution in [3.8, 4) is 0 Å². The van der Waals surface area contributed by atoms with Crippen molar-refractivity contribution in [2.24, 2.45) is 0 Å². The zero-order valence-electron chi connectivity index (χ0n) is 15.4. The van der Waals surface area contributed by atoms with E-state index in [-0.39, 0.29) is 5.91 Å². The fourth-order valence-corrected chi connectivity index (χ4v) is 3.90. The Labute approximate surface area is 150 Å². The average Bonchev–Trinajstić information content (AvgIpc) is 3.00. The molecule has 0 bridgehead atoms. The number of nitrogens with zero attached hydrogens (tertiary/aromatic N) is 3. The number of hydrogen-bond acceptors (Lipinski definition) is 5. The van der Waals surface area contributed by atoms with Crippen molar-refractivity contribution in [1.82, 2.24) is 14.8 Å². The monoisotopic (exact) mass is 352 g/mol. The Morgan fingerprint density at radius 3 is 3.04 bits per heavy atom. The summed E-state index contributed by atoms with van der Waals surface area (Å²) < 4.78 is 0. The average molecular weight is 353 g/mol. The van der Waals surface area contributed by atoms with Gasteiger partial charge < -0.3 is 10.2 Å². The summed E-state index contributed by atoms with van der Waals surface area (Å²) in [5, 5.41) is 3.68. The van der Waals surface area contributed by atoms with Crippen molar-refractivity contribution in [2.75, 3.05) is 32.0 Å². The number of piperidine rings is 1. The van der Waals surface area contributed by atoms with Crippen LogP contribution in [0.5, 0.6) is 0 Å². The molecule has 0 saturated carbocycles. The van der Waals surface area contributed by atoms with Crippen molar-refractivity contribution in [3.05, 3.63) is 11.1 Å². The Hall–Kier alpha value is -0.980. The third kappa shape index (κ3) is 6.49. The molecule has 1 aromatic rings. The number of anilines is 1. The maximum Gasteiger partial charge on any atom is 0.227 e. The molecule has 1 N–H and O–H groups in total. The molecular formula is C18H32N4OS. The van der Waals surface area contributed by atoms with E-state index in [4.69, 9.17) is 0 Å². The summed E-state index contributed by atoms with van der Waals surface area (Å²) in [6.07, 6.45) is 8.73. The number of unbranched alkanes of at least 4 members (excludes halogenated alkanes) is 1. The maximum atomic E-state index is 12.1. The van der Waals surface area contributed by atoms with Gasteiger partial charge in [-0.1, -0.05) is 19.8 Å². The minimum Gasteiger partial charge on any atom is -0.306 e. The zero-order valence-corrected chi connectivity index (χ0v) is 16.2. The molecule has 1 amide bonds. The van der Waals surface area contributed by atoms with Crippen molar-refractivity contribution < 1.29 is 4.79 Å². The Kier molecular flexibility index (Phi) is 8.15. The largest absolute Gasteiger partial charge is 0.306 e. The summed E-state index contributed by atoms with van der Waals surface area (Å²) in [5.74, 6) is 0.0607. The summed E-state index contributed by atoms with van der Waals surface area (Å²) in [4.78, 5) is 22.4. The van der Waals surface area contributed by atoms with Gasteiger partial charge in [0.1, 0.15) is 0 Å². The fraction of sp³-hybridized carbons (Fsp3) is 0.778. The van der Waals surface area contributed by atoms with Gasteiger partial charge in [-0.2, -0.15) is 0 Å². The first-order chi connectivity index (χ1) is 11.6. The van der Waals surface area contributed by atoms with Crippen molar-refractivity contribution in [2.45, 2.75) is 65.0 Å². The van der Waals surface area contributed by atoms with Gasteiger partial charge >= 0.3 is 0 Å². The standard InChI is InChI=1S/C18H32N4OS/c1-4-5-10-21(3)12-9-17(23)20-18-19-13-16(24-18)14-22-11-7-6-8-15(22)2/h13,15H,4-12,14H2,1-3H3,(H,19,20,23). The van der Waals surface area contributed by atoms with Crippen LogP contribution in [-0.2, 0) is 11.3 Å². The molecule has 1 unspecified atom stereocenters. The van der Waals surface area contributed by atoms with E-state index in [1.54, 1.807) is 11.3 Å².